The molecule has 0 bridgehead atoms. The minimum absolute atomic E-state index is 0. The summed E-state index contributed by atoms with van der Waals surface area (Å²) in [7, 11) is -4.07. The van der Waals surface area contributed by atoms with Crippen LogP contribution in [0.25, 0.3) is 0 Å². The molecule has 1 atom stereocenters. The summed E-state index contributed by atoms with van der Waals surface area (Å²) in [5.74, 6) is -1.82. The highest BCUT2D eigenvalue weighted by Gasteiger charge is 2.21. The lowest BCUT2D eigenvalue weighted by Gasteiger charge is -2.12. The van der Waals surface area contributed by atoms with Gasteiger partial charge in [-0.1, -0.05) is 0 Å². The topological polar surface area (TPSA) is 72.2 Å². The summed E-state index contributed by atoms with van der Waals surface area (Å²) in [5.41, 5.74) is 5.23. The molecule has 0 radical (unpaired) electrons. The Morgan fingerprint density at radius 2 is 2.00 bits per heavy atom. The molecule has 98 valence electrons. The van der Waals surface area contributed by atoms with E-state index in [9.17, 15) is 17.2 Å². The Morgan fingerprint density at radius 1 is 1.41 bits per heavy atom. The van der Waals surface area contributed by atoms with Gasteiger partial charge in [0.1, 0.15) is 16.5 Å². The van der Waals surface area contributed by atoms with Crippen LogP contribution < -0.4 is 10.5 Å². The number of rotatable bonds is 4. The van der Waals surface area contributed by atoms with Crippen LogP contribution in [0.2, 0.25) is 0 Å². The highest BCUT2D eigenvalue weighted by Crippen LogP contribution is 2.15. The zero-order valence-electron chi connectivity index (χ0n) is 8.98. The third kappa shape index (κ3) is 4.19. The van der Waals surface area contributed by atoms with Gasteiger partial charge >= 0.3 is 0 Å². The quantitative estimate of drug-likeness (QED) is 0.868. The first-order valence-corrected chi connectivity index (χ1v) is 6.02. The summed E-state index contributed by atoms with van der Waals surface area (Å²) in [5, 5.41) is 0. The second-order valence-electron chi connectivity index (χ2n) is 3.33. The monoisotopic (exact) mass is 286 g/mol. The van der Waals surface area contributed by atoms with Gasteiger partial charge < -0.3 is 5.73 Å². The van der Waals surface area contributed by atoms with E-state index in [4.69, 9.17) is 5.73 Å². The highest BCUT2D eigenvalue weighted by molar-refractivity contribution is 7.89. The van der Waals surface area contributed by atoms with Gasteiger partial charge in [0.05, 0.1) is 0 Å². The molecule has 0 aliphatic rings. The molecule has 0 aromatic heterocycles. The van der Waals surface area contributed by atoms with Crippen molar-refractivity contribution >= 4 is 22.4 Å². The number of hydrogen-bond acceptors (Lipinski definition) is 3. The Kier molecular flexibility index (Phi) is 5.97. The SMILES string of the molecule is C[C@@H](CN)NS(=O)(=O)c1cc(F)ccc1F.Cl. The van der Waals surface area contributed by atoms with E-state index in [1.807, 2.05) is 0 Å². The van der Waals surface area contributed by atoms with Crippen LogP contribution in [0.3, 0.4) is 0 Å². The van der Waals surface area contributed by atoms with Gasteiger partial charge in [0.15, 0.2) is 0 Å². The van der Waals surface area contributed by atoms with Gasteiger partial charge in [0.25, 0.3) is 0 Å². The third-order valence-electron chi connectivity index (χ3n) is 1.89. The average molecular weight is 287 g/mol. The van der Waals surface area contributed by atoms with E-state index < -0.39 is 32.6 Å². The minimum atomic E-state index is -4.07. The van der Waals surface area contributed by atoms with E-state index in [2.05, 4.69) is 4.72 Å². The standard InChI is InChI=1S/C9H12F2N2O2S.ClH/c1-6(5-12)13-16(14,15)9-4-7(10)2-3-8(9)11;/h2-4,6,13H,5,12H2,1H3;1H/t6-;/m0./s1. The van der Waals surface area contributed by atoms with Crippen LogP contribution in [0, 0.1) is 11.6 Å². The molecule has 17 heavy (non-hydrogen) atoms. The molecular weight excluding hydrogens is 274 g/mol. The Balaban J connectivity index is 0.00000256. The first-order valence-electron chi connectivity index (χ1n) is 4.54. The molecule has 4 nitrogen and oxygen atoms in total. The lowest BCUT2D eigenvalue weighted by Crippen LogP contribution is -2.38. The van der Waals surface area contributed by atoms with Crippen LogP contribution in [0.15, 0.2) is 23.1 Å². The second-order valence-corrected chi connectivity index (χ2v) is 5.02. The molecule has 0 heterocycles. The summed E-state index contributed by atoms with van der Waals surface area (Å²) in [6.07, 6.45) is 0. The normalized spacial score (nSPS) is 12.9. The van der Waals surface area contributed by atoms with E-state index in [0.717, 1.165) is 12.1 Å². The van der Waals surface area contributed by atoms with Gasteiger partial charge in [0, 0.05) is 12.6 Å². The number of hydrogen-bond donors (Lipinski definition) is 2. The maximum atomic E-state index is 13.2. The minimum Gasteiger partial charge on any atom is -0.329 e. The summed E-state index contributed by atoms with van der Waals surface area (Å²) in [6, 6.07) is 1.69. The largest absolute Gasteiger partial charge is 0.329 e. The number of nitrogens with two attached hydrogens (primary N) is 1. The molecule has 0 unspecified atom stereocenters. The molecule has 8 heteroatoms. The fourth-order valence-corrected chi connectivity index (χ4v) is 2.40. The predicted octanol–water partition coefficient (Wildman–Crippen LogP) is 1.01. The Labute approximate surface area is 105 Å². The van der Waals surface area contributed by atoms with Crippen LogP contribution in [-0.2, 0) is 10.0 Å². The smallest absolute Gasteiger partial charge is 0.243 e. The van der Waals surface area contributed by atoms with Gasteiger partial charge in [-0.05, 0) is 25.1 Å². The second kappa shape index (κ2) is 6.25. The Morgan fingerprint density at radius 3 is 2.53 bits per heavy atom. The Hall–Kier alpha value is -0.760. The van der Waals surface area contributed by atoms with E-state index in [1.165, 1.54) is 6.92 Å². The van der Waals surface area contributed by atoms with E-state index >= 15 is 0 Å². The van der Waals surface area contributed by atoms with Crippen molar-refractivity contribution in [1.29, 1.82) is 0 Å². The highest BCUT2D eigenvalue weighted by atomic mass is 35.5. The van der Waals surface area contributed by atoms with Gasteiger partial charge in [-0.2, -0.15) is 0 Å². The molecule has 0 spiro atoms. The van der Waals surface area contributed by atoms with Crippen molar-refractivity contribution in [2.45, 2.75) is 17.9 Å². The van der Waals surface area contributed by atoms with Crippen LogP contribution >= 0.6 is 12.4 Å². The third-order valence-corrected chi connectivity index (χ3v) is 3.50. The van der Waals surface area contributed by atoms with E-state index in [0.29, 0.717) is 6.07 Å². The van der Waals surface area contributed by atoms with Gasteiger partial charge in [-0.25, -0.2) is 21.9 Å². The van der Waals surface area contributed by atoms with Gasteiger partial charge in [-0.15, -0.1) is 12.4 Å². The summed E-state index contributed by atoms with van der Waals surface area (Å²) in [6.45, 7) is 1.59. The van der Waals surface area contributed by atoms with Crippen LogP contribution in [0.5, 0.6) is 0 Å². The van der Waals surface area contributed by atoms with Crippen molar-refractivity contribution < 1.29 is 17.2 Å². The van der Waals surface area contributed by atoms with E-state index in [1.54, 1.807) is 0 Å². The number of sulfonamides is 1. The molecule has 3 N–H and O–H groups in total. The molecular formula is C9H13ClF2N2O2S. The summed E-state index contributed by atoms with van der Waals surface area (Å²) < 4.78 is 51.3. The maximum Gasteiger partial charge on any atom is 0.243 e. The molecule has 0 saturated carbocycles. The molecule has 0 aliphatic carbocycles. The fourth-order valence-electron chi connectivity index (χ4n) is 1.06. The van der Waals surface area contributed by atoms with Crippen molar-refractivity contribution in [3.63, 3.8) is 0 Å². The van der Waals surface area contributed by atoms with Crippen molar-refractivity contribution in [1.82, 2.24) is 4.72 Å². The molecule has 1 aromatic rings. The van der Waals surface area contributed by atoms with Gasteiger partial charge in [0.2, 0.25) is 10.0 Å². The van der Waals surface area contributed by atoms with Crippen LogP contribution in [0.4, 0.5) is 8.78 Å². The van der Waals surface area contributed by atoms with Crippen molar-refractivity contribution in [2.24, 2.45) is 5.73 Å². The molecule has 0 amide bonds. The lowest BCUT2D eigenvalue weighted by atomic mass is 10.3. The van der Waals surface area contributed by atoms with Crippen molar-refractivity contribution in [3.05, 3.63) is 29.8 Å². The zero-order chi connectivity index (χ0) is 12.3. The number of nitrogens with one attached hydrogen (secondary N) is 1. The fraction of sp³-hybridized carbons (Fsp3) is 0.333. The first-order chi connectivity index (χ1) is 7.36. The first kappa shape index (κ1) is 16.2. The van der Waals surface area contributed by atoms with Crippen molar-refractivity contribution in [2.75, 3.05) is 6.54 Å². The molecule has 0 fully saturated rings. The molecule has 1 aromatic carbocycles. The van der Waals surface area contributed by atoms with E-state index in [-0.39, 0.29) is 19.0 Å². The zero-order valence-corrected chi connectivity index (χ0v) is 10.6. The predicted molar refractivity (Wildman–Crippen MR) is 62.4 cm³/mol. The Bertz CT molecular complexity index is 482. The molecule has 0 saturated heterocycles. The molecule has 1 rings (SSSR count). The van der Waals surface area contributed by atoms with Crippen LogP contribution in [-0.4, -0.2) is 21.0 Å². The van der Waals surface area contributed by atoms with Crippen molar-refractivity contribution in [3.8, 4) is 0 Å². The average Bonchev–Trinajstić information content (AvgIpc) is 2.20. The van der Waals surface area contributed by atoms with Gasteiger partial charge in [-0.3, -0.25) is 0 Å². The number of halogens is 3. The lowest BCUT2D eigenvalue weighted by molar-refractivity contribution is 0.536. The van der Waals surface area contributed by atoms with Crippen LogP contribution in [0.1, 0.15) is 6.92 Å². The summed E-state index contributed by atoms with van der Waals surface area (Å²) in [4.78, 5) is -0.715. The number of benzene rings is 1. The maximum absolute atomic E-state index is 13.2. The molecule has 0 aliphatic heterocycles. The summed E-state index contributed by atoms with van der Waals surface area (Å²) >= 11 is 0.